The maximum Gasteiger partial charge on any atom is 0.159 e. The Morgan fingerprint density at radius 1 is 1.21 bits per heavy atom. The van der Waals surface area contributed by atoms with E-state index in [1.54, 1.807) is 26.4 Å². The van der Waals surface area contributed by atoms with Crippen LogP contribution in [0, 0.1) is 5.82 Å². The molecule has 0 saturated heterocycles. The van der Waals surface area contributed by atoms with E-state index in [9.17, 15) is 9.18 Å². The van der Waals surface area contributed by atoms with E-state index in [-0.39, 0.29) is 5.78 Å². The number of methoxy groups -OCH3 is 2. The highest BCUT2D eigenvalue weighted by Crippen LogP contribution is 2.20. The van der Waals surface area contributed by atoms with Gasteiger partial charge in [0.15, 0.2) is 5.78 Å². The monoisotopic (exact) mass is 269 g/mol. The number of carbonyl (C=O) groups is 1. The largest absolute Gasteiger partial charge is 0.383 e. The van der Waals surface area contributed by atoms with E-state index in [0.29, 0.717) is 37.6 Å². The van der Waals surface area contributed by atoms with Crippen LogP contribution in [0.15, 0.2) is 18.2 Å². The number of benzene rings is 1. The molecule has 0 atom stereocenters. The quantitative estimate of drug-likeness (QED) is 0.678. The van der Waals surface area contributed by atoms with Crippen LogP contribution in [-0.4, -0.2) is 46.3 Å². The number of halogens is 1. The van der Waals surface area contributed by atoms with Gasteiger partial charge in [0.2, 0.25) is 0 Å². The van der Waals surface area contributed by atoms with Crippen molar-refractivity contribution in [2.24, 2.45) is 0 Å². The number of hydrogen-bond acceptors (Lipinski definition) is 4. The first-order valence-electron chi connectivity index (χ1n) is 6.13. The van der Waals surface area contributed by atoms with Crippen molar-refractivity contribution in [3.05, 3.63) is 29.6 Å². The third-order valence-corrected chi connectivity index (χ3v) is 2.83. The van der Waals surface area contributed by atoms with Crippen molar-refractivity contribution < 1.29 is 18.7 Å². The van der Waals surface area contributed by atoms with Gasteiger partial charge in [-0.25, -0.2) is 4.39 Å². The highest BCUT2D eigenvalue weighted by Gasteiger charge is 2.13. The van der Waals surface area contributed by atoms with Gasteiger partial charge in [0, 0.05) is 32.9 Å². The number of hydrogen-bond donors (Lipinski definition) is 0. The van der Waals surface area contributed by atoms with E-state index in [4.69, 9.17) is 9.47 Å². The summed E-state index contributed by atoms with van der Waals surface area (Å²) in [4.78, 5) is 13.0. The van der Waals surface area contributed by atoms with Gasteiger partial charge in [0.05, 0.1) is 18.9 Å². The van der Waals surface area contributed by atoms with Crippen LogP contribution in [0.25, 0.3) is 0 Å². The Balaban J connectivity index is 2.90. The van der Waals surface area contributed by atoms with Gasteiger partial charge in [-0.2, -0.15) is 0 Å². The summed E-state index contributed by atoms with van der Waals surface area (Å²) in [5.74, 6) is -0.550. The molecule has 19 heavy (non-hydrogen) atoms. The second-order valence-corrected chi connectivity index (χ2v) is 4.20. The lowest BCUT2D eigenvalue weighted by atomic mass is 10.1. The maximum atomic E-state index is 14.0. The summed E-state index contributed by atoms with van der Waals surface area (Å²) in [5, 5.41) is 0. The standard InChI is InChI=1S/C14H20FNO3/c1-11(17)12-4-5-14(13(15)10-12)16(6-8-18-2)7-9-19-3/h4-5,10H,6-9H2,1-3H3. The third-order valence-electron chi connectivity index (χ3n) is 2.83. The minimum Gasteiger partial charge on any atom is -0.383 e. The Labute approximate surface area is 113 Å². The molecule has 1 rings (SSSR count). The Kier molecular flexibility index (Phi) is 6.45. The topological polar surface area (TPSA) is 38.8 Å². The number of rotatable bonds is 8. The van der Waals surface area contributed by atoms with Gasteiger partial charge in [-0.3, -0.25) is 4.79 Å². The summed E-state index contributed by atoms with van der Waals surface area (Å²) >= 11 is 0. The molecule has 0 heterocycles. The van der Waals surface area contributed by atoms with Gasteiger partial charge in [0.1, 0.15) is 5.82 Å². The molecule has 0 bridgehead atoms. The fourth-order valence-corrected chi connectivity index (χ4v) is 1.74. The normalized spacial score (nSPS) is 10.5. The van der Waals surface area contributed by atoms with Gasteiger partial charge >= 0.3 is 0 Å². The van der Waals surface area contributed by atoms with Crippen molar-refractivity contribution in [3.63, 3.8) is 0 Å². The molecule has 0 aromatic heterocycles. The van der Waals surface area contributed by atoms with Gasteiger partial charge in [0.25, 0.3) is 0 Å². The molecule has 5 heteroatoms. The van der Waals surface area contributed by atoms with Crippen LogP contribution in [-0.2, 0) is 9.47 Å². The predicted molar refractivity (Wildman–Crippen MR) is 72.4 cm³/mol. The van der Waals surface area contributed by atoms with E-state index in [1.165, 1.54) is 13.0 Å². The number of ketones is 1. The Morgan fingerprint density at radius 3 is 2.21 bits per heavy atom. The van der Waals surface area contributed by atoms with Crippen molar-refractivity contribution in [1.82, 2.24) is 0 Å². The zero-order valence-electron chi connectivity index (χ0n) is 11.6. The van der Waals surface area contributed by atoms with Crippen molar-refractivity contribution in [1.29, 1.82) is 0 Å². The van der Waals surface area contributed by atoms with E-state index in [1.807, 2.05) is 4.90 Å². The van der Waals surface area contributed by atoms with Crippen LogP contribution in [0.3, 0.4) is 0 Å². The summed E-state index contributed by atoms with van der Waals surface area (Å²) in [6.07, 6.45) is 0. The first kappa shape index (κ1) is 15.6. The Morgan fingerprint density at radius 2 is 1.79 bits per heavy atom. The molecule has 0 aliphatic carbocycles. The highest BCUT2D eigenvalue weighted by molar-refractivity contribution is 5.94. The number of ether oxygens (including phenoxy) is 2. The molecule has 0 aliphatic heterocycles. The lowest BCUT2D eigenvalue weighted by Gasteiger charge is -2.24. The zero-order chi connectivity index (χ0) is 14.3. The molecule has 106 valence electrons. The first-order chi connectivity index (χ1) is 9.10. The third kappa shape index (κ3) is 4.61. The minimum atomic E-state index is -0.403. The van der Waals surface area contributed by atoms with Crippen LogP contribution < -0.4 is 4.90 Å². The van der Waals surface area contributed by atoms with E-state index in [0.717, 1.165) is 0 Å². The van der Waals surface area contributed by atoms with E-state index in [2.05, 4.69) is 0 Å². The summed E-state index contributed by atoms with van der Waals surface area (Å²) in [5.41, 5.74) is 0.832. The minimum absolute atomic E-state index is 0.147. The molecule has 0 spiro atoms. The SMILES string of the molecule is COCCN(CCOC)c1ccc(C(C)=O)cc1F. The van der Waals surface area contributed by atoms with Crippen LogP contribution >= 0.6 is 0 Å². The van der Waals surface area contributed by atoms with Crippen molar-refractivity contribution in [2.75, 3.05) is 45.4 Å². The van der Waals surface area contributed by atoms with E-state index < -0.39 is 5.82 Å². The molecular weight excluding hydrogens is 249 g/mol. The van der Waals surface area contributed by atoms with Crippen molar-refractivity contribution >= 4 is 11.5 Å². The van der Waals surface area contributed by atoms with Crippen LogP contribution in [0.4, 0.5) is 10.1 Å². The summed E-state index contributed by atoms with van der Waals surface area (Å²) < 4.78 is 24.1. The van der Waals surface area contributed by atoms with Gasteiger partial charge in [-0.15, -0.1) is 0 Å². The molecule has 0 amide bonds. The molecule has 0 aliphatic rings. The molecule has 0 fully saturated rings. The second-order valence-electron chi connectivity index (χ2n) is 4.20. The van der Waals surface area contributed by atoms with Gasteiger partial charge in [-0.05, 0) is 25.1 Å². The van der Waals surface area contributed by atoms with Crippen LogP contribution in [0.5, 0.6) is 0 Å². The average Bonchev–Trinajstić information content (AvgIpc) is 2.39. The maximum absolute atomic E-state index is 14.0. The summed E-state index contributed by atoms with van der Waals surface area (Å²) in [6, 6.07) is 4.52. The predicted octanol–water partition coefficient (Wildman–Crippen LogP) is 2.13. The number of Topliss-reactive ketones (excluding diaryl/α,β-unsaturated/α-hetero) is 1. The average molecular weight is 269 g/mol. The van der Waals surface area contributed by atoms with Gasteiger partial charge in [-0.1, -0.05) is 0 Å². The lowest BCUT2D eigenvalue weighted by molar-refractivity contribution is 0.101. The fraction of sp³-hybridized carbons (Fsp3) is 0.500. The molecule has 0 N–H and O–H groups in total. The highest BCUT2D eigenvalue weighted by atomic mass is 19.1. The lowest BCUT2D eigenvalue weighted by Crippen LogP contribution is -2.31. The van der Waals surface area contributed by atoms with Crippen LogP contribution in [0.2, 0.25) is 0 Å². The summed E-state index contributed by atoms with van der Waals surface area (Å²) in [6.45, 7) is 3.55. The molecule has 1 aromatic rings. The van der Waals surface area contributed by atoms with Crippen molar-refractivity contribution in [2.45, 2.75) is 6.92 Å². The molecule has 0 unspecified atom stereocenters. The molecule has 1 aromatic carbocycles. The van der Waals surface area contributed by atoms with Crippen LogP contribution in [0.1, 0.15) is 17.3 Å². The second kappa shape index (κ2) is 7.86. The zero-order valence-corrected chi connectivity index (χ0v) is 11.6. The molecule has 0 saturated carbocycles. The van der Waals surface area contributed by atoms with E-state index >= 15 is 0 Å². The molecule has 4 nitrogen and oxygen atoms in total. The Hall–Kier alpha value is -1.46. The Bertz CT molecular complexity index is 415. The first-order valence-corrected chi connectivity index (χ1v) is 6.13. The molecular formula is C14H20FNO3. The number of carbonyl (C=O) groups excluding carboxylic acids is 1. The molecule has 0 radical (unpaired) electrons. The van der Waals surface area contributed by atoms with Crippen molar-refractivity contribution in [3.8, 4) is 0 Å². The van der Waals surface area contributed by atoms with Gasteiger partial charge < -0.3 is 14.4 Å². The smallest absolute Gasteiger partial charge is 0.159 e. The summed E-state index contributed by atoms with van der Waals surface area (Å²) in [7, 11) is 3.20. The fourth-order valence-electron chi connectivity index (χ4n) is 1.74. The number of nitrogens with zero attached hydrogens (tertiary/aromatic N) is 1. The number of anilines is 1.